The standard InChI is InChI=1S/C20H23BN2O4/c1-12(24)18-4-2-3-14-8-17(21(26)27-20(14)18)9-19(25)13-5-6-15(10-22)16(7-13)11-23/h2-7,17,26H,8-11,22-23H2,1H3/t17-/m1/s1. The van der Waals surface area contributed by atoms with E-state index in [9.17, 15) is 14.6 Å². The van der Waals surface area contributed by atoms with Crippen LogP contribution in [0.5, 0.6) is 5.75 Å². The van der Waals surface area contributed by atoms with Crippen molar-refractivity contribution in [3.05, 3.63) is 64.2 Å². The van der Waals surface area contributed by atoms with Crippen LogP contribution >= 0.6 is 0 Å². The predicted molar refractivity (Wildman–Crippen MR) is 104 cm³/mol. The molecule has 3 rings (SSSR count). The summed E-state index contributed by atoms with van der Waals surface area (Å²) in [6.45, 7) is 2.14. The van der Waals surface area contributed by atoms with Crippen LogP contribution in [0.1, 0.15) is 50.8 Å². The van der Waals surface area contributed by atoms with Gasteiger partial charge >= 0.3 is 7.12 Å². The molecule has 7 heteroatoms. The minimum Gasteiger partial charge on any atom is -0.535 e. The summed E-state index contributed by atoms with van der Waals surface area (Å²) >= 11 is 0. The number of carbonyl (C=O) groups is 2. The van der Waals surface area contributed by atoms with Gasteiger partial charge in [0.2, 0.25) is 0 Å². The molecule has 2 aromatic carbocycles. The van der Waals surface area contributed by atoms with Crippen LogP contribution in [0.2, 0.25) is 5.82 Å². The van der Waals surface area contributed by atoms with Gasteiger partial charge in [-0.1, -0.05) is 24.3 Å². The van der Waals surface area contributed by atoms with Crippen molar-refractivity contribution < 1.29 is 19.3 Å². The molecule has 5 N–H and O–H groups in total. The molecule has 1 heterocycles. The topological polar surface area (TPSA) is 116 Å². The molecule has 0 spiro atoms. The normalized spacial score (nSPS) is 15.9. The first kappa shape index (κ1) is 19.3. The van der Waals surface area contributed by atoms with E-state index in [0.717, 1.165) is 16.7 Å². The molecule has 0 saturated carbocycles. The third kappa shape index (κ3) is 3.95. The lowest BCUT2D eigenvalue weighted by molar-refractivity contribution is 0.0971. The molecule has 140 valence electrons. The molecule has 1 atom stereocenters. The first-order valence-corrected chi connectivity index (χ1v) is 8.97. The Bertz CT molecular complexity index is 884. The van der Waals surface area contributed by atoms with Gasteiger partial charge in [-0.25, -0.2) is 0 Å². The Morgan fingerprint density at radius 2 is 1.93 bits per heavy atom. The fourth-order valence-electron chi connectivity index (χ4n) is 3.48. The Labute approximate surface area is 158 Å². The molecule has 2 aromatic rings. The van der Waals surface area contributed by atoms with Crippen molar-refractivity contribution in [2.24, 2.45) is 11.5 Å². The second kappa shape index (κ2) is 8.04. The molecule has 1 aliphatic rings. The quantitative estimate of drug-likeness (QED) is 0.531. The zero-order valence-electron chi connectivity index (χ0n) is 15.3. The Kier molecular flexibility index (Phi) is 5.75. The second-order valence-electron chi connectivity index (χ2n) is 6.84. The maximum absolute atomic E-state index is 12.7. The lowest BCUT2D eigenvalue weighted by atomic mass is 9.64. The van der Waals surface area contributed by atoms with E-state index in [4.69, 9.17) is 16.1 Å². The van der Waals surface area contributed by atoms with Gasteiger partial charge in [-0.15, -0.1) is 0 Å². The summed E-state index contributed by atoms with van der Waals surface area (Å²) in [7, 11) is -1.14. The highest BCUT2D eigenvalue weighted by Gasteiger charge is 2.37. The first-order chi connectivity index (χ1) is 12.9. The maximum Gasteiger partial charge on any atom is 0.526 e. The van der Waals surface area contributed by atoms with Crippen molar-refractivity contribution in [3.63, 3.8) is 0 Å². The summed E-state index contributed by atoms with van der Waals surface area (Å²) in [6, 6.07) is 10.6. The molecule has 0 aliphatic carbocycles. The van der Waals surface area contributed by atoms with Gasteiger partial charge < -0.3 is 21.1 Å². The van der Waals surface area contributed by atoms with E-state index in [1.54, 1.807) is 24.3 Å². The summed E-state index contributed by atoms with van der Waals surface area (Å²) in [6.07, 6.45) is 0.602. The Balaban J connectivity index is 1.79. The third-order valence-electron chi connectivity index (χ3n) is 5.02. The smallest absolute Gasteiger partial charge is 0.526 e. The van der Waals surface area contributed by atoms with E-state index in [-0.39, 0.29) is 23.8 Å². The first-order valence-electron chi connectivity index (χ1n) is 8.97. The number of carbonyl (C=O) groups excluding carboxylic acids is 2. The Hall–Kier alpha value is -2.48. The van der Waals surface area contributed by atoms with Crippen LogP contribution < -0.4 is 16.1 Å². The summed E-state index contributed by atoms with van der Waals surface area (Å²) in [5, 5.41) is 10.4. The molecule has 0 radical (unpaired) electrons. The van der Waals surface area contributed by atoms with Crippen molar-refractivity contribution in [3.8, 4) is 5.75 Å². The Morgan fingerprint density at radius 3 is 2.59 bits per heavy atom. The van der Waals surface area contributed by atoms with Crippen LogP contribution in [-0.4, -0.2) is 23.7 Å². The molecule has 1 aliphatic heterocycles. The van der Waals surface area contributed by atoms with Crippen molar-refractivity contribution >= 4 is 18.7 Å². The number of ketones is 2. The SMILES string of the molecule is CC(=O)c1cccc2c1OB(O)[C@@H](CC(=O)c1ccc(CN)c(CN)c1)C2. The van der Waals surface area contributed by atoms with Gasteiger partial charge in [0.15, 0.2) is 11.6 Å². The van der Waals surface area contributed by atoms with Gasteiger partial charge in [-0.3, -0.25) is 9.59 Å². The van der Waals surface area contributed by atoms with E-state index in [0.29, 0.717) is 36.4 Å². The van der Waals surface area contributed by atoms with Gasteiger partial charge in [0.05, 0.1) is 5.56 Å². The molecule has 0 amide bonds. The lowest BCUT2D eigenvalue weighted by Crippen LogP contribution is -2.35. The van der Waals surface area contributed by atoms with Crippen LogP contribution in [-0.2, 0) is 19.5 Å². The van der Waals surface area contributed by atoms with Gasteiger partial charge in [-0.05, 0) is 42.2 Å². The predicted octanol–water partition coefficient (Wildman–Crippen LogP) is 1.87. The number of Topliss-reactive ketones (excluding diaryl/α,β-unsaturated/α-hetero) is 2. The fraction of sp³-hybridized carbons (Fsp3) is 0.300. The molecule has 0 saturated heterocycles. The number of benzene rings is 2. The molecular formula is C20H23BN2O4. The maximum atomic E-state index is 12.7. The zero-order chi connectivity index (χ0) is 19.6. The minimum atomic E-state index is -1.14. The summed E-state index contributed by atoms with van der Waals surface area (Å²) in [5.74, 6) is -0.184. The van der Waals surface area contributed by atoms with Gasteiger partial charge in [0, 0.05) is 30.9 Å². The van der Waals surface area contributed by atoms with Crippen LogP contribution in [0.3, 0.4) is 0 Å². The number of nitrogens with two attached hydrogens (primary N) is 2. The summed E-state index contributed by atoms with van der Waals surface area (Å²) < 4.78 is 5.60. The van der Waals surface area contributed by atoms with Gasteiger partial charge in [0.1, 0.15) is 5.75 Å². The van der Waals surface area contributed by atoms with E-state index < -0.39 is 7.12 Å². The van der Waals surface area contributed by atoms with Crippen molar-refractivity contribution in [1.82, 2.24) is 0 Å². The van der Waals surface area contributed by atoms with Gasteiger partial charge in [-0.2, -0.15) is 0 Å². The number of para-hydroxylation sites is 1. The average molecular weight is 366 g/mol. The molecule has 6 nitrogen and oxygen atoms in total. The number of hydrogen-bond acceptors (Lipinski definition) is 6. The number of fused-ring (bicyclic) bond motifs is 1. The monoisotopic (exact) mass is 366 g/mol. The highest BCUT2D eigenvalue weighted by atomic mass is 16.5. The molecule has 0 bridgehead atoms. The van der Waals surface area contributed by atoms with Crippen LogP contribution in [0, 0.1) is 0 Å². The molecule has 0 aromatic heterocycles. The lowest BCUT2D eigenvalue weighted by Gasteiger charge is -2.28. The molecule has 0 fully saturated rings. The highest BCUT2D eigenvalue weighted by Crippen LogP contribution is 2.36. The summed E-state index contributed by atoms with van der Waals surface area (Å²) in [4.78, 5) is 24.5. The number of hydrogen-bond donors (Lipinski definition) is 3. The second-order valence-corrected chi connectivity index (χ2v) is 6.84. The minimum absolute atomic E-state index is 0.0907. The van der Waals surface area contributed by atoms with E-state index >= 15 is 0 Å². The van der Waals surface area contributed by atoms with E-state index in [1.807, 2.05) is 12.1 Å². The summed E-state index contributed by atoms with van der Waals surface area (Å²) in [5.41, 5.74) is 15.0. The third-order valence-corrected chi connectivity index (χ3v) is 5.02. The van der Waals surface area contributed by atoms with E-state index in [2.05, 4.69) is 0 Å². The molecule has 0 unspecified atom stereocenters. The van der Waals surface area contributed by atoms with E-state index in [1.165, 1.54) is 6.92 Å². The fourth-order valence-corrected chi connectivity index (χ4v) is 3.48. The highest BCUT2D eigenvalue weighted by molar-refractivity contribution is 6.47. The average Bonchev–Trinajstić information content (AvgIpc) is 2.67. The van der Waals surface area contributed by atoms with Crippen molar-refractivity contribution in [1.29, 1.82) is 0 Å². The van der Waals surface area contributed by atoms with Crippen LogP contribution in [0.4, 0.5) is 0 Å². The van der Waals surface area contributed by atoms with Crippen LogP contribution in [0.15, 0.2) is 36.4 Å². The van der Waals surface area contributed by atoms with Crippen LogP contribution in [0.25, 0.3) is 0 Å². The number of rotatable bonds is 6. The zero-order valence-corrected chi connectivity index (χ0v) is 15.3. The molecular weight excluding hydrogens is 343 g/mol. The Morgan fingerprint density at radius 1 is 1.19 bits per heavy atom. The van der Waals surface area contributed by atoms with Crippen molar-refractivity contribution in [2.45, 2.75) is 38.7 Å². The molecule has 27 heavy (non-hydrogen) atoms. The largest absolute Gasteiger partial charge is 0.535 e. The van der Waals surface area contributed by atoms with Gasteiger partial charge in [0.25, 0.3) is 0 Å². The van der Waals surface area contributed by atoms with Crippen molar-refractivity contribution in [2.75, 3.05) is 0 Å².